The maximum absolute atomic E-state index is 12.5. The molecule has 0 saturated heterocycles. The summed E-state index contributed by atoms with van der Waals surface area (Å²) in [6.07, 6.45) is 1.46. The molecule has 2 aromatic heterocycles. The smallest absolute Gasteiger partial charge is 0.262 e. The molecular formula is C20H18ClN5O3S2. The Kier molecular flexibility index (Phi) is 5.89. The number of benzene rings is 2. The maximum Gasteiger partial charge on any atom is 0.262 e. The van der Waals surface area contributed by atoms with Crippen LogP contribution in [0.3, 0.4) is 0 Å². The van der Waals surface area contributed by atoms with Gasteiger partial charge in [-0.3, -0.25) is 4.79 Å². The van der Waals surface area contributed by atoms with Crippen molar-refractivity contribution in [2.45, 2.75) is 15.8 Å². The first-order chi connectivity index (χ1) is 14.8. The van der Waals surface area contributed by atoms with Gasteiger partial charge in [-0.1, -0.05) is 41.6 Å². The number of rotatable bonds is 6. The highest BCUT2D eigenvalue weighted by atomic mass is 35.5. The molecule has 0 bridgehead atoms. The third kappa shape index (κ3) is 4.38. The predicted octanol–water partition coefficient (Wildman–Crippen LogP) is 3.30. The largest absolute Gasteiger partial charge is 0.301 e. The van der Waals surface area contributed by atoms with Crippen LogP contribution in [-0.4, -0.2) is 46.6 Å². The Bertz CT molecular complexity index is 1430. The van der Waals surface area contributed by atoms with Gasteiger partial charge in [-0.2, -0.15) is 5.10 Å². The number of nitrogens with zero attached hydrogens (tertiary/aromatic N) is 4. The zero-order chi connectivity index (χ0) is 22.2. The van der Waals surface area contributed by atoms with Crippen LogP contribution in [0.25, 0.3) is 16.7 Å². The Morgan fingerprint density at radius 1 is 1.16 bits per heavy atom. The molecule has 0 aliphatic rings. The van der Waals surface area contributed by atoms with Crippen molar-refractivity contribution in [3.8, 4) is 5.69 Å². The molecule has 0 radical (unpaired) electrons. The molecule has 11 heteroatoms. The number of halogens is 1. The Labute approximate surface area is 187 Å². The first-order valence-corrected chi connectivity index (χ1v) is 11.9. The fourth-order valence-corrected chi connectivity index (χ4v) is 4.88. The minimum Gasteiger partial charge on any atom is -0.301 e. The summed E-state index contributed by atoms with van der Waals surface area (Å²) in [5, 5.41) is 5.60. The van der Waals surface area contributed by atoms with Crippen LogP contribution in [0, 0.1) is 0 Å². The first-order valence-electron chi connectivity index (χ1n) is 9.14. The lowest BCUT2D eigenvalue weighted by atomic mass is 10.2. The van der Waals surface area contributed by atoms with Gasteiger partial charge in [-0.15, -0.1) is 0 Å². The van der Waals surface area contributed by atoms with Gasteiger partial charge < -0.3 is 4.98 Å². The van der Waals surface area contributed by atoms with Gasteiger partial charge in [-0.25, -0.2) is 22.4 Å². The van der Waals surface area contributed by atoms with E-state index in [0.717, 1.165) is 5.56 Å². The van der Waals surface area contributed by atoms with Crippen molar-refractivity contribution in [3.63, 3.8) is 0 Å². The fraction of sp³-hybridized carbons (Fsp3) is 0.150. The van der Waals surface area contributed by atoms with Crippen molar-refractivity contribution in [3.05, 3.63) is 75.7 Å². The fourth-order valence-electron chi connectivity index (χ4n) is 2.92. The average Bonchev–Trinajstić information content (AvgIpc) is 3.17. The molecule has 0 atom stereocenters. The maximum atomic E-state index is 12.5. The van der Waals surface area contributed by atoms with E-state index in [1.807, 2.05) is 12.1 Å². The normalized spacial score (nSPS) is 12.0. The molecule has 4 aromatic rings. The molecule has 0 saturated carbocycles. The van der Waals surface area contributed by atoms with Crippen molar-refractivity contribution in [2.24, 2.45) is 0 Å². The van der Waals surface area contributed by atoms with Crippen LogP contribution in [-0.2, 0) is 15.8 Å². The summed E-state index contributed by atoms with van der Waals surface area (Å²) in [5.74, 6) is 0.427. The van der Waals surface area contributed by atoms with Crippen LogP contribution in [0.15, 0.2) is 69.6 Å². The minimum absolute atomic E-state index is 0.214. The van der Waals surface area contributed by atoms with Crippen molar-refractivity contribution < 1.29 is 8.42 Å². The lowest BCUT2D eigenvalue weighted by molar-refractivity contribution is 0.520. The lowest BCUT2D eigenvalue weighted by Crippen LogP contribution is -2.22. The Morgan fingerprint density at radius 3 is 2.68 bits per heavy atom. The number of fused-ring (bicyclic) bond motifs is 1. The zero-order valence-electron chi connectivity index (χ0n) is 16.6. The Hall–Kier alpha value is -2.66. The number of aromatic nitrogens is 4. The van der Waals surface area contributed by atoms with Gasteiger partial charge in [0, 0.05) is 24.9 Å². The van der Waals surface area contributed by atoms with Crippen molar-refractivity contribution in [1.29, 1.82) is 0 Å². The van der Waals surface area contributed by atoms with Gasteiger partial charge >= 0.3 is 0 Å². The molecule has 8 nitrogen and oxygen atoms in total. The molecule has 1 N–H and O–H groups in total. The standard InChI is InChI=1S/C20H18ClN5O3S2/c1-25(2)31(28,29)16-8-3-5-13(9-16)12-30-20-23-18-17(19(27)24-20)11-22-26(18)15-7-4-6-14(21)10-15/h3-11H,12H2,1-2H3,(H,23,24,27). The molecule has 0 unspecified atom stereocenters. The summed E-state index contributed by atoms with van der Waals surface area (Å²) in [4.78, 5) is 20.0. The molecule has 31 heavy (non-hydrogen) atoms. The van der Waals surface area contributed by atoms with Crippen LogP contribution in [0.2, 0.25) is 5.02 Å². The summed E-state index contributed by atoms with van der Waals surface area (Å²) in [6.45, 7) is 0. The van der Waals surface area contributed by atoms with E-state index in [9.17, 15) is 13.2 Å². The van der Waals surface area contributed by atoms with E-state index in [1.165, 1.54) is 36.4 Å². The van der Waals surface area contributed by atoms with E-state index in [4.69, 9.17) is 11.6 Å². The summed E-state index contributed by atoms with van der Waals surface area (Å²) < 4.78 is 27.4. The topological polar surface area (TPSA) is 101 Å². The monoisotopic (exact) mass is 475 g/mol. The summed E-state index contributed by atoms with van der Waals surface area (Å²) >= 11 is 7.38. The van der Waals surface area contributed by atoms with Crippen LogP contribution < -0.4 is 5.56 Å². The van der Waals surface area contributed by atoms with Crippen molar-refractivity contribution >= 4 is 44.4 Å². The van der Waals surface area contributed by atoms with Crippen LogP contribution in [0.4, 0.5) is 0 Å². The summed E-state index contributed by atoms with van der Waals surface area (Å²) in [7, 11) is -0.542. The molecule has 0 aliphatic carbocycles. The number of hydrogen-bond acceptors (Lipinski definition) is 6. The highest BCUT2D eigenvalue weighted by molar-refractivity contribution is 7.98. The lowest BCUT2D eigenvalue weighted by Gasteiger charge is -2.12. The first kappa shape index (κ1) is 21.6. The molecule has 0 aliphatic heterocycles. The third-order valence-corrected chi connectivity index (χ3v) is 7.51. The molecule has 160 valence electrons. The summed E-state index contributed by atoms with van der Waals surface area (Å²) in [5.41, 5.74) is 1.60. The second-order valence-corrected chi connectivity index (χ2v) is 10.4. The molecule has 4 rings (SSSR count). The van der Waals surface area contributed by atoms with Gasteiger partial charge in [0.2, 0.25) is 10.0 Å². The number of sulfonamides is 1. The number of aromatic amines is 1. The van der Waals surface area contributed by atoms with Gasteiger partial charge in [-0.05, 0) is 35.9 Å². The molecular weight excluding hydrogens is 458 g/mol. The Morgan fingerprint density at radius 2 is 1.94 bits per heavy atom. The summed E-state index contributed by atoms with van der Waals surface area (Å²) in [6, 6.07) is 13.8. The highest BCUT2D eigenvalue weighted by Crippen LogP contribution is 2.24. The third-order valence-electron chi connectivity index (χ3n) is 4.52. The number of hydrogen-bond donors (Lipinski definition) is 1. The van der Waals surface area contributed by atoms with Gasteiger partial charge in [0.1, 0.15) is 5.39 Å². The molecule has 2 aromatic carbocycles. The quantitative estimate of drug-likeness (QED) is 0.339. The van der Waals surface area contributed by atoms with Crippen molar-refractivity contribution in [2.75, 3.05) is 14.1 Å². The number of thioether (sulfide) groups is 1. The predicted molar refractivity (Wildman–Crippen MR) is 121 cm³/mol. The van der Waals surface area contributed by atoms with Crippen LogP contribution in [0.5, 0.6) is 0 Å². The van der Waals surface area contributed by atoms with Crippen LogP contribution >= 0.6 is 23.4 Å². The van der Waals surface area contributed by atoms with Gasteiger partial charge in [0.25, 0.3) is 5.56 Å². The zero-order valence-corrected chi connectivity index (χ0v) is 19.0. The average molecular weight is 476 g/mol. The highest BCUT2D eigenvalue weighted by Gasteiger charge is 2.17. The van der Waals surface area contributed by atoms with E-state index < -0.39 is 10.0 Å². The van der Waals surface area contributed by atoms with Crippen LogP contribution in [0.1, 0.15) is 5.56 Å². The Balaban J connectivity index is 1.64. The molecule has 2 heterocycles. The second-order valence-electron chi connectivity index (χ2n) is 6.87. The van der Waals surface area contributed by atoms with Crippen molar-refractivity contribution in [1.82, 2.24) is 24.1 Å². The van der Waals surface area contributed by atoms with E-state index in [-0.39, 0.29) is 10.5 Å². The molecule has 0 amide bonds. The minimum atomic E-state index is -3.52. The van der Waals surface area contributed by atoms with E-state index in [0.29, 0.717) is 32.7 Å². The molecule has 0 spiro atoms. The van der Waals surface area contributed by atoms with E-state index >= 15 is 0 Å². The van der Waals surface area contributed by atoms with E-state index in [2.05, 4.69) is 15.1 Å². The number of H-pyrrole nitrogens is 1. The van der Waals surface area contributed by atoms with Gasteiger partial charge in [0.05, 0.1) is 16.8 Å². The van der Waals surface area contributed by atoms with Gasteiger partial charge in [0.15, 0.2) is 10.8 Å². The number of nitrogens with one attached hydrogen (secondary N) is 1. The SMILES string of the molecule is CN(C)S(=O)(=O)c1cccc(CSc2nc3c(cnn3-c3cccc(Cl)c3)c(=O)[nH]2)c1. The second kappa shape index (κ2) is 8.46. The van der Waals surface area contributed by atoms with E-state index in [1.54, 1.807) is 41.1 Å². The molecule has 0 fully saturated rings.